The lowest BCUT2D eigenvalue weighted by molar-refractivity contribution is -0.138. The van der Waals surface area contributed by atoms with Gasteiger partial charge >= 0.3 is 5.97 Å². The van der Waals surface area contributed by atoms with Crippen LogP contribution in [-0.2, 0) is 9.59 Å². The number of benzene rings is 1. The number of nitrogens with zero attached hydrogens (tertiary/aromatic N) is 1. The number of hydrogen-bond donors (Lipinski definition) is 1. The van der Waals surface area contributed by atoms with Crippen LogP contribution in [0.5, 0.6) is 11.5 Å². The third-order valence-corrected chi connectivity index (χ3v) is 2.97. The second-order valence-electron chi connectivity index (χ2n) is 4.92. The summed E-state index contributed by atoms with van der Waals surface area (Å²) in [5.74, 6) is 0.321. The van der Waals surface area contributed by atoms with Crippen LogP contribution in [0.3, 0.4) is 0 Å². The highest BCUT2D eigenvalue weighted by Crippen LogP contribution is 2.17. The standard InChI is InChI=1S/C16H23NO5/c1-3-11-21-13-6-8-14(9-7-13)22-12-15(18)17(2)10-4-5-16(19)20/h6-9H,3-5,10-12H2,1-2H3,(H,19,20). The van der Waals surface area contributed by atoms with Crippen LogP contribution in [-0.4, -0.2) is 48.7 Å². The van der Waals surface area contributed by atoms with Crippen LogP contribution in [0.4, 0.5) is 0 Å². The van der Waals surface area contributed by atoms with Gasteiger partial charge in [0.05, 0.1) is 6.61 Å². The summed E-state index contributed by atoms with van der Waals surface area (Å²) in [5.41, 5.74) is 0. The Labute approximate surface area is 130 Å². The van der Waals surface area contributed by atoms with Gasteiger partial charge in [-0.2, -0.15) is 0 Å². The van der Waals surface area contributed by atoms with Crippen molar-refractivity contribution < 1.29 is 24.2 Å². The molecular formula is C16H23NO5. The monoisotopic (exact) mass is 309 g/mol. The van der Waals surface area contributed by atoms with Crippen LogP contribution in [0.15, 0.2) is 24.3 Å². The van der Waals surface area contributed by atoms with Gasteiger partial charge in [0.1, 0.15) is 11.5 Å². The molecule has 0 atom stereocenters. The van der Waals surface area contributed by atoms with Crippen LogP contribution in [0.25, 0.3) is 0 Å². The van der Waals surface area contributed by atoms with Crippen LogP contribution in [0.1, 0.15) is 26.2 Å². The molecule has 0 saturated heterocycles. The van der Waals surface area contributed by atoms with Gasteiger partial charge in [-0.05, 0) is 37.1 Å². The van der Waals surface area contributed by atoms with Gasteiger partial charge in [0.2, 0.25) is 0 Å². The first kappa shape index (κ1) is 17.8. The zero-order valence-electron chi connectivity index (χ0n) is 13.1. The van der Waals surface area contributed by atoms with E-state index in [-0.39, 0.29) is 18.9 Å². The van der Waals surface area contributed by atoms with Crippen molar-refractivity contribution in [1.29, 1.82) is 0 Å². The van der Waals surface area contributed by atoms with E-state index in [1.807, 2.05) is 6.92 Å². The van der Waals surface area contributed by atoms with Crippen LogP contribution in [0.2, 0.25) is 0 Å². The SMILES string of the molecule is CCCOc1ccc(OCC(=O)N(C)CCCC(=O)O)cc1. The molecular weight excluding hydrogens is 286 g/mol. The Morgan fingerprint density at radius 3 is 2.27 bits per heavy atom. The summed E-state index contributed by atoms with van der Waals surface area (Å²) in [7, 11) is 1.63. The molecule has 6 nitrogen and oxygen atoms in total. The van der Waals surface area contributed by atoms with Crippen LogP contribution < -0.4 is 9.47 Å². The van der Waals surface area contributed by atoms with E-state index in [2.05, 4.69) is 0 Å². The van der Waals surface area contributed by atoms with Crippen molar-refractivity contribution in [2.45, 2.75) is 26.2 Å². The molecule has 0 aliphatic rings. The molecule has 22 heavy (non-hydrogen) atoms. The number of amides is 1. The van der Waals surface area contributed by atoms with Crippen LogP contribution >= 0.6 is 0 Å². The van der Waals surface area contributed by atoms with Crippen LogP contribution in [0, 0.1) is 0 Å². The summed E-state index contributed by atoms with van der Waals surface area (Å²) in [6.45, 7) is 3.03. The summed E-state index contributed by atoms with van der Waals surface area (Å²) >= 11 is 0. The Balaban J connectivity index is 2.32. The maximum Gasteiger partial charge on any atom is 0.303 e. The molecule has 0 saturated carbocycles. The van der Waals surface area contributed by atoms with E-state index in [0.29, 0.717) is 25.3 Å². The largest absolute Gasteiger partial charge is 0.494 e. The van der Waals surface area contributed by atoms with Gasteiger partial charge in [-0.3, -0.25) is 9.59 Å². The minimum atomic E-state index is -0.859. The third-order valence-electron chi connectivity index (χ3n) is 2.97. The van der Waals surface area contributed by atoms with Crippen molar-refractivity contribution in [2.24, 2.45) is 0 Å². The highest BCUT2D eigenvalue weighted by atomic mass is 16.5. The highest BCUT2D eigenvalue weighted by Gasteiger charge is 2.10. The van der Waals surface area contributed by atoms with Crippen molar-refractivity contribution in [2.75, 3.05) is 26.8 Å². The van der Waals surface area contributed by atoms with Crippen molar-refractivity contribution in [1.82, 2.24) is 4.90 Å². The molecule has 0 bridgehead atoms. The average molecular weight is 309 g/mol. The Morgan fingerprint density at radius 2 is 1.73 bits per heavy atom. The first-order valence-corrected chi connectivity index (χ1v) is 7.34. The number of carboxylic acids is 1. The van der Waals surface area contributed by atoms with Gasteiger partial charge in [-0.1, -0.05) is 6.92 Å². The molecule has 1 aromatic rings. The molecule has 0 aliphatic carbocycles. The molecule has 0 aliphatic heterocycles. The predicted molar refractivity (Wildman–Crippen MR) is 82.2 cm³/mol. The number of rotatable bonds is 10. The van der Waals surface area contributed by atoms with Crippen molar-refractivity contribution >= 4 is 11.9 Å². The highest BCUT2D eigenvalue weighted by molar-refractivity contribution is 5.77. The molecule has 0 spiro atoms. The second kappa shape index (κ2) is 9.65. The number of likely N-dealkylation sites (N-methyl/N-ethyl adjacent to an activating group) is 1. The Hall–Kier alpha value is -2.24. The summed E-state index contributed by atoms with van der Waals surface area (Å²) in [5, 5.41) is 8.56. The molecule has 1 rings (SSSR count). The van der Waals surface area contributed by atoms with Crippen molar-refractivity contribution in [3.63, 3.8) is 0 Å². The van der Waals surface area contributed by atoms with Gasteiger partial charge in [-0.25, -0.2) is 0 Å². The van der Waals surface area contributed by atoms with E-state index in [1.54, 1.807) is 31.3 Å². The second-order valence-corrected chi connectivity index (χ2v) is 4.92. The zero-order valence-corrected chi connectivity index (χ0v) is 13.1. The van der Waals surface area contributed by atoms with Gasteiger partial charge in [0.25, 0.3) is 5.91 Å². The number of aliphatic carboxylic acids is 1. The Morgan fingerprint density at radius 1 is 1.14 bits per heavy atom. The smallest absolute Gasteiger partial charge is 0.303 e. The minimum Gasteiger partial charge on any atom is -0.494 e. The van der Waals surface area contributed by atoms with Crippen molar-refractivity contribution in [3.05, 3.63) is 24.3 Å². The molecule has 122 valence electrons. The zero-order chi connectivity index (χ0) is 16.4. The van der Waals surface area contributed by atoms with E-state index in [4.69, 9.17) is 14.6 Å². The van der Waals surface area contributed by atoms with E-state index < -0.39 is 5.97 Å². The molecule has 1 N–H and O–H groups in total. The fourth-order valence-corrected chi connectivity index (χ4v) is 1.70. The number of hydrogen-bond acceptors (Lipinski definition) is 4. The fraction of sp³-hybridized carbons (Fsp3) is 0.500. The summed E-state index contributed by atoms with van der Waals surface area (Å²) < 4.78 is 10.9. The normalized spacial score (nSPS) is 10.1. The van der Waals surface area contributed by atoms with Gasteiger partial charge in [0.15, 0.2) is 6.61 Å². The Kier molecular flexibility index (Phi) is 7.81. The molecule has 0 heterocycles. The lowest BCUT2D eigenvalue weighted by Gasteiger charge is -2.17. The fourth-order valence-electron chi connectivity index (χ4n) is 1.70. The van der Waals surface area contributed by atoms with Crippen molar-refractivity contribution in [3.8, 4) is 11.5 Å². The quantitative estimate of drug-likeness (QED) is 0.717. The summed E-state index contributed by atoms with van der Waals surface area (Å²) in [6, 6.07) is 7.10. The molecule has 0 radical (unpaired) electrons. The molecule has 0 aromatic heterocycles. The Bertz CT molecular complexity index is 472. The first-order chi connectivity index (χ1) is 10.5. The average Bonchev–Trinajstić information content (AvgIpc) is 2.51. The molecule has 6 heteroatoms. The lowest BCUT2D eigenvalue weighted by Crippen LogP contribution is -2.32. The number of ether oxygens (including phenoxy) is 2. The lowest BCUT2D eigenvalue weighted by atomic mass is 10.3. The predicted octanol–water partition coefficient (Wildman–Crippen LogP) is 2.18. The van der Waals surface area contributed by atoms with Gasteiger partial charge < -0.3 is 19.5 Å². The number of carboxylic acid groups (broad SMARTS) is 1. The van der Waals surface area contributed by atoms with E-state index >= 15 is 0 Å². The van der Waals surface area contributed by atoms with E-state index in [0.717, 1.165) is 12.2 Å². The van der Waals surface area contributed by atoms with E-state index in [9.17, 15) is 9.59 Å². The molecule has 0 unspecified atom stereocenters. The summed E-state index contributed by atoms with van der Waals surface area (Å²) in [6.07, 6.45) is 1.43. The minimum absolute atomic E-state index is 0.0533. The van der Waals surface area contributed by atoms with Gasteiger partial charge in [-0.15, -0.1) is 0 Å². The maximum atomic E-state index is 11.8. The first-order valence-electron chi connectivity index (χ1n) is 7.34. The summed E-state index contributed by atoms with van der Waals surface area (Å²) in [4.78, 5) is 23.7. The molecule has 1 amide bonds. The van der Waals surface area contributed by atoms with E-state index in [1.165, 1.54) is 4.90 Å². The maximum absolute atomic E-state index is 11.8. The number of carbonyl (C=O) groups is 2. The number of carbonyl (C=O) groups excluding carboxylic acids is 1. The molecule has 1 aromatic carbocycles. The molecule has 0 fully saturated rings. The topological polar surface area (TPSA) is 76.1 Å². The van der Waals surface area contributed by atoms with Gasteiger partial charge in [0, 0.05) is 20.0 Å². The third kappa shape index (κ3) is 6.97.